The molecule has 0 spiro atoms. The Labute approximate surface area is 117 Å². The van der Waals surface area contributed by atoms with Gasteiger partial charge in [0.25, 0.3) is 0 Å². The summed E-state index contributed by atoms with van der Waals surface area (Å²) >= 11 is 0. The Morgan fingerprint density at radius 2 is 1.70 bits per heavy atom. The Balaban J connectivity index is 2.36. The van der Waals surface area contributed by atoms with Crippen molar-refractivity contribution in [1.29, 1.82) is 0 Å². The molecule has 1 aromatic heterocycles. The number of aromatic nitrogens is 1. The molecule has 20 heavy (non-hydrogen) atoms. The molecule has 0 fully saturated rings. The van der Waals surface area contributed by atoms with Gasteiger partial charge in [-0.25, -0.2) is 8.78 Å². The van der Waals surface area contributed by atoms with Gasteiger partial charge in [0.2, 0.25) is 0 Å². The van der Waals surface area contributed by atoms with Crippen molar-refractivity contribution >= 4 is 5.69 Å². The summed E-state index contributed by atoms with van der Waals surface area (Å²) in [5.41, 5.74) is 3.75. The summed E-state index contributed by atoms with van der Waals surface area (Å²) < 4.78 is 27.3. The second-order valence-corrected chi connectivity index (χ2v) is 5.04. The molecule has 2 nitrogen and oxygen atoms in total. The molecule has 106 valence electrons. The van der Waals surface area contributed by atoms with Gasteiger partial charge in [0.05, 0.1) is 6.04 Å². The second kappa shape index (κ2) is 5.57. The van der Waals surface area contributed by atoms with E-state index in [2.05, 4.69) is 10.3 Å². The largest absolute Gasteiger partial charge is 0.374 e. The highest BCUT2D eigenvalue weighted by atomic mass is 19.1. The van der Waals surface area contributed by atoms with E-state index in [0.29, 0.717) is 0 Å². The van der Waals surface area contributed by atoms with Gasteiger partial charge in [-0.2, -0.15) is 0 Å². The van der Waals surface area contributed by atoms with Gasteiger partial charge in [0.1, 0.15) is 17.3 Å². The van der Waals surface area contributed by atoms with E-state index in [9.17, 15) is 8.78 Å². The molecule has 0 aliphatic heterocycles. The van der Waals surface area contributed by atoms with Crippen LogP contribution in [0.25, 0.3) is 0 Å². The topological polar surface area (TPSA) is 24.9 Å². The average Bonchev–Trinajstić information content (AvgIpc) is 2.32. The molecule has 0 saturated carbocycles. The minimum Gasteiger partial charge on any atom is -0.374 e. The van der Waals surface area contributed by atoms with Gasteiger partial charge >= 0.3 is 0 Å². The van der Waals surface area contributed by atoms with Crippen LogP contribution in [-0.2, 0) is 0 Å². The summed E-state index contributed by atoms with van der Waals surface area (Å²) in [5, 5.41) is 2.91. The smallest absolute Gasteiger partial charge is 0.149 e. The fourth-order valence-electron chi connectivity index (χ4n) is 2.61. The molecule has 1 N–H and O–H groups in total. The zero-order valence-corrected chi connectivity index (χ0v) is 12.1. The normalized spacial score (nSPS) is 12.3. The van der Waals surface area contributed by atoms with Crippen LogP contribution in [0.4, 0.5) is 14.5 Å². The van der Waals surface area contributed by atoms with Gasteiger partial charge in [-0.05, 0) is 57.0 Å². The third-order valence-corrected chi connectivity index (χ3v) is 3.34. The standard InChI is InChI=1S/C16H18F2N2/c1-9-8-10(2)19-11(3)15(9)12(4)20-16-13(17)6-5-7-14(16)18/h5-8,12,20H,1-4H3. The molecule has 2 aromatic rings. The summed E-state index contributed by atoms with van der Waals surface area (Å²) in [5.74, 6) is -1.18. The number of nitrogens with one attached hydrogen (secondary N) is 1. The van der Waals surface area contributed by atoms with Crippen LogP contribution in [0.2, 0.25) is 0 Å². The van der Waals surface area contributed by atoms with Crippen LogP contribution < -0.4 is 5.32 Å². The van der Waals surface area contributed by atoms with Crippen LogP contribution in [0.15, 0.2) is 24.3 Å². The fourth-order valence-corrected chi connectivity index (χ4v) is 2.61. The zero-order valence-electron chi connectivity index (χ0n) is 12.1. The molecule has 4 heteroatoms. The van der Waals surface area contributed by atoms with Crippen molar-refractivity contribution in [2.24, 2.45) is 0 Å². The number of aryl methyl sites for hydroxylation is 3. The SMILES string of the molecule is Cc1cc(C)c(C(C)Nc2c(F)cccc2F)c(C)n1. The molecule has 0 saturated heterocycles. The van der Waals surface area contributed by atoms with Crippen molar-refractivity contribution in [2.75, 3.05) is 5.32 Å². The van der Waals surface area contributed by atoms with E-state index >= 15 is 0 Å². The van der Waals surface area contributed by atoms with Crippen molar-refractivity contribution in [1.82, 2.24) is 4.98 Å². The first kappa shape index (κ1) is 14.4. The molecule has 2 rings (SSSR count). The Kier molecular flexibility index (Phi) is 4.02. The lowest BCUT2D eigenvalue weighted by Crippen LogP contribution is -2.13. The highest BCUT2D eigenvalue weighted by Gasteiger charge is 2.16. The van der Waals surface area contributed by atoms with E-state index in [1.165, 1.54) is 18.2 Å². The molecule has 0 amide bonds. The molecule has 0 aliphatic carbocycles. The molecule has 1 heterocycles. The molecule has 0 bridgehead atoms. The maximum absolute atomic E-state index is 13.7. The number of rotatable bonds is 3. The summed E-state index contributed by atoms with van der Waals surface area (Å²) in [6.45, 7) is 7.69. The second-order valence-electron chi connectivity index (χ2n) is 5.04. The van der Waals surface area contributed by atoms with Crippen molar-refractivity contribution in [3.8, 4) is 0 Å². The van der Waals surface area contributed by atoms with E-state index in [1.807, 2.05) is 33.8 Å². The summed E-state index contributed by atoms with van der Waals surface area (Å²) in [6, 6.07) is 5.58. The van der Waals surface area contributed by atoms with Crippen LogP contribution in [0, 0.1) is 32.4 Å². The van der Waals surface area contributed by atoms with Gasteiger partial charge in [-0.3, -0.25) is 4.98 Å². The molecule has 0 aliphatic rings. The van der Waals surface area contributed by atoms with E-state index in [-0.39, 0.29) is 11.7 Å². The molecular formula is C16H18F2N2. The Hall–Kier alpha value is -1.97. The predicted molar refractivity (Wildman–Crippen MR) is 76.8 cm³/mol. The Morgan fingerprint density at radius 1 is 1.10 bits per heavy atom. The average molecular weight is 276 g/mol. The molecule has 1 aromatic carbocycles. The van der Waals surface area contributed by atoms with Crippen LogP contribution in [0.1, 0.15) is 35.5 Å². The number of hydrogen-bond acceptors (Lipinski definition) is 2. The molecule has 1 unspecified atom stereocenters. The van der Waals surface area contributed by atoms with E-state index < -0.39 is 11.6 Å². The highest BCUT2D eigenvalue weighted by Crippen LogP contribution is 2.27. The summed E-state index contributed by atoms with van der Waals surface area (Å²) in [4.78, 5) is 4.41. The lowest BCUT2D eigenvalue weighted by atomic mass is 10.00. The zero-order chi connectivity index (χ0) is 14.9. The van der Waals surface area contributed by atoms with Crippen molar-refractivity contribution in [3.05, 3.63) is 58.4 Å². The number of anilines is 1. The molecular weight excluding hydrogens is 258 g/mol. The van der Waals surface area contributed by atoms with Crippen LogP contribution in [0.5, 0.6) is 0 Å². The number of benzene rings is 1. The third-order valence-electron chi connectivity index (χ3n) is 3.34. The Bertz CT molecular complexity index is 595. The number of nitrogens with zero attached hydrogens (tertiary/aromatic N) is 1. The van der Waals surface area contributed by atoms with Gasteiger partial charge in [0.15, 0.2) is 0 Å². The first-order chi connectivity index (χ1) is 9.40. The Morgan fingerprint density at radius 3 is 2.25 bits per heavy atom. The first-order valence-electron chi connectivity index (χ1n) is 6.55. The lowest BCUT2D eigenvalue weighted by Gasteiger charge is -2.20. The number of para-hydroxylation sites is 1. The van der Waals surface area contributed by atoms with Crippen LogP contribution in [0.3, 0.4) is 0 Å². The van der Waals surface area contributed by atoms with E-state index in [1.54, 1.807) is 0 Å². The van der Waals surface area contributed by atoms with Crippen LogP contribution >= 0.6 is 0 Å². The highest BCUT2D eigenvalue weighted by molar-refractivity contribution is 5.49. The minimum atomic E-state index is -0.591. The van der Waals surface area contributed by atoms with Gasteiger partial charge < -0.3 is 5.32 Å². The number of halogens is 2. The maximum Gasteiger partial charge on any atom is 0.149 e. The molecule has 1 atom stereocenters. The number of hydrogen-bond donors (Lipinski definition) is 1. The van der Waals surface area contributed by atoms with Crippen molar-refractivity contribution < 1.29 is 8.78 Å². The minimum absolute atomic E-state index is 0.0978. The lowest BCUT2D eigenvalue weighted by molar-refractivity contribution is 0.584. The maximum atomic E-state index is 13.7. The van der Waals surface area contributed by atoms with E-state index in [4.69, 9.17) is 0 Å². The van der Waals surface area contributed by atoms with E-state index in [0.717, 1.165) is 22.5 Å². The van der Waals surface area contributed by atoms with Crippen LogP contribution in [-0.4, -0.2) is 4.98 Å². The quantitative estimate of drug-likeness (QED) is 0.895. The van der Waals surface area contributed by atoms with Crippen molar-refractivity contribution in [3.63, 3.8) is 0 Å². The summed E-state index contributed by atoms with van der Waals surface area (Å²) in [6.07, 6.45) is 0. The third kappa shape index (κ3) is 2.79. The van der Waals surface area contributed by atoms with Gasteiger partial charge in [-0.15, -0.1) is 0 Å². The predicted octanol–water partition coefficient (Wildman–Crippen LogP) is 4.46. The fraction of sp³-hybridized carbons (Fsp3) is 0.312. The monoisotopic (exact) mass is 276 g/mol. The van der Waals surface area contributed by atoms with Gasteiger partial charge in [-0.1, -0.05) is 6.07 Å². The number of pyridine rings is 1. The first-order valence-corrected chi connectivity index (χ1v) is 6.55. The van der Waals surface area contributed by atoms with Crippen molar-refractivity contribution in [2.45, 2.75) is 33.7 Å². The molecule has 0 radical (unpaired) electrons. The van der Waals surface area contributed by atoms with Gasteiger partial charge in [0, 0.05) is 11.4 Å². The summed E-state index contributed by atoms with van der Waals surface area (Å²) in [7, 11) is 0.